The number of carbonyl (C=O) groups excluding carboxylic acids is 3. The highest BCUT2D eigenvalue weighted by Crippen LogP contribution is 2.66. The Morgan fingerprint density at radius 2 is 1.83 bits per heavy atom. The summed E-state index contributed by atoms with van der Waals surface area (Å²) >= 11 is 0. The van der Waals surface area contributed by atoms with Crippen LogP contribution in [0.2, 0.25) is 0 Å². The molecule has 11 atom stereocenters. The topological polar surface area (TPSA) is 108 Å². The molecule has 3 heterocycles. The maximum absolute atomic E-state index is 12.8. The van der Waals surface area contributed by atoms with Crippen LogP contribution in [0.5, 0.6) is 0 Å². The molecule has 3 N–H and O–H groups in total. The van der Waals surface area contributed by atoms with Gasteiger partial charge in [0.2, 0.25) is 5.91 Å². The van der Waals surface area contributed by atoms with Gasteiger partial charge in [-0.3, -0.25) is 14.4 Å². The molecule has 5 fully saturated rings. The average molecular weight is 495 g/mol. The second kappa shape index (κ2) is 9.16. The first-order valence-electron chi connectivity index (χ1n) is 13.9. The molecule has 6 aliphatic rings. The number of rotatable bonds is 1. The lowest BCUT2D eigenvalue weighted by Gasteiger charge is -2.36. The Kier molecular flexibility index (Phi) is 6.09. The number of hydrogen-bond acceptors (Lipinski definition) is 5. The molecule has 0 radical (unpaired) electrons. The smallest absolute Gasteiger partial charge is 0.259 e. The van der Waals surface area contributed by atoms with Gasteiger partial charge in [0.05, 0.1) is 18.2 Å². The number of hydrogen-bond donors (Lipinski definition) is 3. The standard InChI is InChI=1S/C29H38N2O5/c1-3-16-14(2)12-18-19-13-15-9-10-21(32)25-26(34)20(31-29(25)35)7-5-11-30-22(33)8-4-6-17(15)24(19)28-27(36-28)23(16)18/h4,8-10,14-20,23-24,27-28,32H,3,5-7,11-13H2,1-2H3,(H,30,33)(H,31,35)/b8-4-,10-9+,25-21-/t14-,15-,16-,17+,18-,19-,20+,23+,24-,27-,28+/m1/s1. The summed E-state index contributed by atoms with van der Waals surface area (Å²) in [5.74, 6) is 3.03. The van der Waals surface area contributed by atoms with Crippen molar-refractivity contribution in [1.29, 1.82) is 0 Å². The molecule has 3 saturated carbocycles. The number of ether oxygens (including phenoxy) is 1. The van der Waals surface area contributed by atoms with E-state index in [1.807, 2.05) is 12.2 Å². The number of epoxide rings is 1. The molecule has 194 valence electrons. The van der Waals surface area contributed by atoms with Crippen LogP contribution in [0.1, 0.15) is 52.4 Å². The van der Waals surface area contributed by atoms with Gasteiger partial charge in [-0.15, -0.1) is 0 Å². The SMILES string of the molecule is CC[C@H]1[C@H]2[C@H](C[C@H]1C)[C@H]1C[C@H]3/C=C/C(O)=C4/C(=O)N[C@@H](CCCNC(=O)/C=C\C[C@@H]3[C@H]1[C@@H]1O[C@@H]12)C4=O. The van der Waals surface area contributed by atoms with E-state index in [1.54, 1.807) is 12.2 Å². The van der Waals surface area contributed by atoms with Crippen LogP contribution in [-0.2, 0) is 19.1 Å². The first-order chi connectivity index (χ1) is 17.4. The minimum Gasteiger partial charge on any atom is -0.507 e. The quantitative estimate of drug-likeness (QED) is 0.383. The Bertz CT molecular complexity index is 1050. The Hall–Kier alpha value is -2.41. The van der Waals surface area contributed by atoms with Crippen LogP contribution >= 0.6 is 0 Å². The largest absolute Gasteiger partial charge is 0.507 e. The lowest BCUT2D eigenvalue weighted by molar-refractivity contribution is -0.118. The molecule has 36 heavy (non-hydrogen) atoms. The van der Waals surface area contributed by atoms with Crippen molar-refractivity contribution in [2.75, 3.05) is 6.54 Å². The Morgan fingerprint density at radius 3 is 2.64 bits per heavy atom. The number of carbonyl (C=O) groups is 3. The zero-order valence-corrected chi connectivity index (χ0v) is 21.2. The summed E-state index contributed by atoms with van der Waals surface area (Å²) in [6.07, 6.45) is 13.1. The fourth-order valence-electron chi connectivity index (χ4n) is 8.82. The van der Waals surface area contributed by atoms with Gasteiger partial charge < -0.3 is 20.5 Å². The minimum atomic E-state index is -0.651. The molecule has 0 unspecified atom stereocenters. The van der Waals surface area contributed by atoms with Crippen LogP contribution in [0, 0.1) is 47.3 Å². The van der Waals surface area contributed by atoms with Crippen molar-refractivity contribution in [3.63, 3.8) is 0 Å². The average Bonchev–Trinajstić information content (AvgIpc) is 3.32. The fraction of sp³-hybridized carbons (Fsp3) is 0.690. The molecular formula is C29H38N2O5. The summed E-state index contributed by atoms with van der Waals surface area (Å²) in [4.78, 5) is 37.7. The second-order valence-electron chi connectivity index (χ2n) is 12.0. The van der Waals surface area contributed by atoms with Crippen molar-refractivity contribution < 1.29 is 24.2 Å². The van der Waals surface area contributed by atoms with Gasteiger partial charge in [-0.2, -0.15) is 0 Å². The zero-order valence-electron chi connectivity index (χ0n) is 21.2. The number of nitrogens with one attached hydrogen (secondary N) is 2. The van der Waals surface area contributed by atoms with Crippen molar-refractivity contribution in [2.45, 2.75) is 70.6 Å². The molecule has 0 aromatic heterocycles. The van der Waals surface area contributed by atoms with E-state index in [4.69, 9.17) is 4.74 Å². The van der Waals surface area contributed by atoms with Crippen molar-refractivity contribution in [1.82, 2.24) is 10.6 Å². The summed E-state index contributed by atoms with van der Waals surface area (Å²) in [6, 6.07) is -0.651. The number of ketones is 1. The van der Waals surface area contributed by atoms with E-state index in [2.05, 4.69) is 24.5 Å². The summed E-state index contributed by atoms with van der Waals surface area (Å²) in [7, 11) is 0. The zero-order chi connectivity index (χ0) is 25.1. The highest BCUT2D eigenvalue weighted by molar-refractivity contribution is 6.27. The second-order valence-corrected chi connectivity index (χ2v) is 12.0. The number of aliphatic hydroxyl groups excluding tert-OH is 1. The Labute approximate surface area is 212 Å². The van der Waals surface area contributed by atoms with E-state index in [-0.39, 0.29) is 28.9 Å². The van der Waals surface area contributed by atoms with Crippen molar-refractivity contribution >= 4 is 17.6 Å². The van der Waals surface area contributed by atoms with Gasteiger partial charge in [-0.05, 0) is 91.6 Å². The van der Waals surface area contributed by atoms with E-state index in [0.717, 1.165) is 18.8 Å². The fourth-order valence-corrected chi connectivity index (χ4v) is 8.82. The van der Waals surface area contributed by atoms with Gasteiger partial charge in [-0.25, -0.2) is 0 Å². The molecule has 6 rings (SSSR count). The summed E-state index contributed by atoms with van der Waals surface area (Å²) in [5.41, 5.74) is -0.139. The molecule has 7 nitrogen and oxygen atoms in total. The van der Waals surface area contributed by atoms with E-state index < -0.39 is 11.9 Å². The van der Waals surface area contributed by atoms with Gasteiger partial charge in [-0.1, -0.05) is 32.4 Å². The predicted octanol–water partition coefficient (Wildman–Crippen LogP) is 3.23. The minimum absolute atomic E-state index is 0.122. The molecule has 3 aliphatic heterocycles. The summed E-state index contributed by atoms with van der Waals surface area (Å²) in [6.45, 7) is 5.14. The van der Waals surface area contributed by atoms with Crippen LogP contribution in [0.4, 0.5) is 0 Å². The van der Waals surface area contributed by atoms with Crippen molar-refractivity contribution in [2.24, 2.45) is 47.3 Å². The maximum Gasteiger partial charge on any atom is 0.259 e. The molecule has 2 amide bonds. The first kappa shape index (κ1) is 24.0. The first-order valence-corrected chi connectivity index (χ1v) is 13.9. The molecule has 7 heteroatoms. The van der Waals surface area contributed by atoms with Gasteiger partial charge in [0.15, 0.2) is 5.78 Å². The number of allylic oxidation sites excluding steroid dienone is 3. The van der Waals surface area contributed by atoms with Gasteiger partial charge in [0, 0.05) is 6.54 Å². The highest BCUT2D eigenvalue weighted by atomic mass is 16.6. The predicted molar refractivity (Wildman–Crippen MR) is 134 cm³/mol. The van der Waals surface area contributed by atoms with Gasteiger partial charge in [0.1, 0.15) is 11.3 Å². The third-order valence-corrected chi connectivity index (χ3v) is 10.3. The van der Waals surface area contributed by atoms with E-state index >= 15 is 0 Å². The molecule has 0 aromatic carbocycles. The Balaban J connectivity index is 1.32. The number of Topliss-reactive ketones (excluding diaryl/α,β-unsaturated/α-hetero) is 1. The monoisotopic (exact) mass is 494 g/mol. The molecule has 3 aliphatic carbocycles. The van der Waals surface area contributed by atoms with Crippen LogP contribution in [0.3, 0.4) is 0 Å². The highest BCUT2D eigenvalue weighted by Gasteiger charge is 2.67. The molecule has 2 saturated heterocycles. The van der Waals surface area contributed by atoms with Gasteiger partial charge >= 0.3 is 0 Å². The van der Waals surface area contributed by atoms with Crippen LogP contribution in [0.15, 0.2) is 35.6 Å². The van der Waals surface area contributed by atoms with Crippen LogP contribution in [0.25, 0.3) is 0 Å². The van der Waals surface area contributed by atoms with Crippen molar-refractivity contribution in [3.05, 3.63) is 35.6 Å². The third kappa shape index (κ3) is 3.85. The normalized spacial score (nSPS) is 49.8. The van der Waals surface area contributed by atoms with Crippen molar-refractivity contribution in [3.8, 4) is 0 Å². The molecule has 0 aromatic rings. The Morgan fingerprint density at radius 1 is 1.06 bits per heavy atom. The number of amides is 2. The molecule has 2 bridgehead atoms. The number of aliphatic hydroxyl groups is 1. The maximum atomic E-state index is 12.8. The molecular weight excluding hydrogens is 456 g/mol. The third-order valence-electron chi connectivity index (χ3n) is 10.3. The van der Waals surface area contributed by atoms with E-state index in [1.165, 1.54) is 12.8 Å². The van der Waals surface area contributed by atoms with Crippen LogP contribution < -0.4 is 10.6 Å². The van der Waals surface area contributed by atoms with E-state index in [0.29, 0.717) is 67.1 Å². The lowest BCUT2D eigenvalue weighted by atomic mass is 9.65. The van der Waals surface area contributed by atoms with Gasteiger partial charge in [0.25, 0.3) is 5.91 Å². The molecule has 0 spiro atoms. The summed E-state index contributed by atoms with van der Waals surface area (Å²) in [5, 5.41) is 16.4. The van der Waals surface area contributed by atoms with Crippen LogP contribution in [-0.4, -0.2) is 47.5 Å². The van der Waals surface area contributed by atoms with E-state index in [9.17, 15) is 19.5 Å². The lowest BCUT2D eigenvalue weighted by Crippen LogP contribution is -2.39. The summed E-state index contributed by atoms with van der Waals surface area (Å²) < 4.78 is 6.40. The number of fused-ring (bicyclic) bond motifs is 10.